The van der Waals surface area contributed by atoms with Gasteiger partial charge >= 0.3 is 0 Å². The van der Waals surface area contributed by atoms with Gasteiger partial charge in [0.05, 0.1) is 19.0 Å². The first kappa shape index (κ1) is 16.8. The highest BCUT2D eigenvalue weighted by Crippen LogP contribution is 2.11. The Bertz CT molecular complexity index is 789. The molecule has 0 atom stereocenters. The maximum atomic E-state index is 12.2. The summed E-state index contributed by atoms with van der Waals surface area (Å²) in [6.07, 6.45) is 1.55. The molecule has 1 N–H and O–H groups in total. The average Bonchev–Trinajstić information content (AvgIpc) is 2.73. The Balaban J connectivity index is 2.07. The SMILES string of the molecule is COc1cn(CC(=O)NCc2c(C)nn(C)c2C)c(C)cc1=O. The van der Waals surface area contributed by atoms with E-state index >= 15 is 0 Å². The molecule has 7 nitrogen and oxygen atoms in total. The second kappa shape index (κ2) is 6.68. The molecule has 0 saturated carbocycles. The summed E-state index contributed by atoms with van der Waals surface area (Å²) in [5, 5.41) is 7.22. The molecular formula is C16H22N4O3. The van der Waals surface area contributed by atoms with Crippen LogP contribution in [0.1, 0.15) is 22.6 Å². The molecule has 0 aromatic carbocycles. The predicted octanol–water partition coefficient (Wildman–Crippen LogP) is 0.832. The minimum absolute atomic E-state index is 0.126. The van der Waals surface area contributed by atoms with Gasteiger partial charge in [0.25, 0.3) is 0 Å². The highest BCUT2D eigenvalue weighted by Gasteiger charge is 2.12. The molecule has 0 aliphatic carbocycles. The lowest BCUT2D eigenvalue weighted by Gasteiger charge is -2.12. The van der Waals surface area contributed by atoms with E-state index in [9.17, 15) is 9.59 Å². The number of nitrogens with one attached hydrogen (secondary N) is 1. The van der Waals surface area contributed by atoms with Crippen LogP contribution in [-0.2, 0) is 24.9 Å². The van der Waals surface area contributed by atoms with E-state index in [-0.39, 0.29) is 23.6 Å². The highest BCUT2D eigenvalue weighted by molar-refractivity contribution is 5.75. The molecule has 2 aromatic rings. The van der Waals surface area contributed by atoms with Crippen LogP contribution in [-0.4, -0.2) is 27.4 Å². The smallest absolute Gasteiger partial charge is 0.240 e. The minimum atomic E-state index is -0.191. The zero-order chi connectivity index (χ0) is 17.1. The fraction of sp³-hybridized carbons (Fsp3) is 0.438. The fourth-order valence-corrected chi connectivity index (χ4v) is 2.45. The first-order valence-corrected chi connectivity index (χ1v) is 7.34. The van der Waals surface area contributed by atoms with Crippen molar-refractivity contribution in [1.29, 1.82) is 0 Å². The summed E-state index contributed by atoms with van der Waals surface area (Å²) >= 11 is 0. The molecule has 0 aliphatic heterocycles. The highest BCUT2D eigenvalue weighted by atomic mass is 16.5. The number of pyridine rings is 1. The van der Waals surface area contributed by atoms with Crippen molar-refractivity contribution >= 4 is 5.91 Å². The molecule has 2 aromatic heterocycles. The molecule has 2 heterocycles. The van der Waals surface area contributed by atoms with Crippen molar-refractivity contribution in [1.82, 2.24) is 19.7 Å². The molecule has 0 bridgehead atoms. The Hall–Kier alpha value is -2.57. The van der Waals surface area contributed by atoms with Crippen LogP contribution in [0.5, 0.6) is 5.75 Å². The lowest BCUT2D eigenvalue weighted by Crippen LogP contribution is -2.28. The van der Waals surface area contributed by atoms with Crippen LogP contribution >= 0.6 is 0 Å². The molecule has 0 unspecified atom stereocenters. The summed E-state index contributed by atoms with van der Waals surface area (Å²) in [5.74, 6) is 0.0869. The van der Waals surface area contributed by atoms with Crippen molar-refractivity contribution in [3.8, 4) is 5.75 Å². The van der Waals surface area contributed by atoms with Gasteiger partial charge in [-0.05, 0) is 20.8 Å². The Morgan fingerprint density at radius 3 is 2.61 bits per heavy atom. The number of rotatable bonds is 5. The van der Waals surface area contributed by atoms with E-state index in [0.717, 1.165) is 17.0 Å². The summed E-state index contributed by atoms with van der Waals surface area (Å²) in [6, 6.07) is 1.46. The number of aromatic nitrogens is 3. The number of methoxy groups -OCH3 is 1. The summed E-state index contributed by atoms with van der Waals surface area (Å²) in [7, 11) is 3.31. The third kappa shape index (κ3) is 3.61. The van der Waals surface area contributed by atoms with Crippen LogP contribution < -0.4 is 15.5 Å². The number of hydrogen-bond acceptors (Lipinski definition) is 4. The maximum absolute atomic E-state index is 12.2. The van der Waals surface area contributed by atoms with E-state index in [1.165, 1.54) is 13.2 Å². The van der Waals surface area contributed by atoms with Gasteiger partial charge in [0, 0.05) is 36.6 Å². The zero-order valence-corrected chi connectivity index (χ0v) is 14.1. The Kier molecular flexibility index (Phi) is 4.88. The lowest BCUT2D eigenvalue weighted by atomic mass is 10.2. The molecule has 2 rings (SSSR count). The van der Waals surface area contributed by atoms with Gasteiger partial charge in [0.1, 0.15) is 6.54 Å². The first-order chi connectivity index (χ1) is 10.8. The van der Waals surface area contributed by atoms with Crippen LogP contribution in [0, 0.1) is 20.8 Å². The van der Waals surface area contributed by atoms with E-state index in [2.05, 4.69) is 10.4 Å². The van der Waals surface area contributed by atoms with Crippen molar-refractivity contribution in [3.05, 3.63) is 45.1 Å². The second-order valence-electron chi connectivity index (χ2n) is 5.53. The topological polar surface area (TPSA) is 78.2 Å². The number of carbonyl (C=O) groups is 1. The predicted molar refractivity (Wildman–Crippen MR) is 86.5 cm³/mol. The largest absolute Gasteiger partial charge is 0.491 e. The van der Waals surface area contributed by atoms with Crippen molar-refractivity contribution in [2.45, 2.75) is 33.9 Å². The third-order valence-electron chi connectivity index (χ3n) is 3.96. The van der Waals surface area contributed by atoms with Crippen LogP contribution in [0.15, 0.2) is 17.1 Å². The van der Waals surface area contributed by atoms with Crippen molar-refractivity contribution in [2.24, 2.45) is 7.05 Å². The molecule has 0 saturated heterocycles. The van der Waals surface area contributed by atoms with Gasteiger partial charge in [-0.25, -0.2) is 0 Å². The number of ether oxygens (including phenoxy) is 1. The van der Waals surface area contributed by atoms with Gasteiger partial charge in [0.2, 0.25) is 11.3 Å². The molecule has 1 amide bonds. The quantitative estimate of drug-likeness (QED) is 0.886. The average molecular weight is 318 g/mol. The second-order valence-corrected chi connectivity index (χ2v) is 5.53. The fourth-order valence-electron chi connectivity index (χ4n) is 2.45. The van der Waals surface area contributed by atoms with Crippen LogP contribution in [0.4, 0.5) is 0 Å². The summed E-state index contributed by atoms with van der Waals surface area (Å²) < 4.78 is 8.50. The number of carbonyl (C=O) groups excluding carboxylic acids is 1. The monoisotopic (exact) mass is 318 g/mol. The summed E-state index contributed by atoms with van der Waals surface area (Å²) in [5.41, 5.74) is 3.48. The van der Waals surface area contributed by atoms with Gasteiger partial charge in [-0.1, -0.05) is 0 Å². The maximum Gasteiger partial charge on any atom is 0.240 e. The molecule has 23 heavy (non-hydrogen) atoms. The summed E-state index contributed by atoms with van der Waals surface area (Å²) in [4.78, 5) is 23.8. The van der Waals surface area contributed by atoms with E-state index in [1.807, 2.05) is 20.9 Å². The van der Waals surface area contributed by atoms with Crippen LogP contribution in [0.3, 0.4) is 0 Å². The van der Waals surface area contributed by atoms with Crippen LogP contribution in [0.25, 0.3) is 0 Å². The van der Waals surface area contributed by atoms with Crippen molar-refractivity contribution < 1.29 is 9.53 Å². The Morgan fingerprint density at radius 1 is 1.35 bits per heavy atom. The van der Waals surface area contributed by atoms with Gasteiger partial charge in [-0.3, -0.25) is 14.3 Å². The standard InChI is InChI=1S/C16H22N4O3/c1-10-6-14(21)15(23-5)8-20(10)9-16(22)17-7-13-11(2)18-19(4)12(13)3/h6,8H,7,9H2,1-5H3,(H,17,22). The van der Waals surface area contributed by atoms with Gasteiger partial charge in [0.15, 0.2) is 5.75 Å². The lowest BCUT2D eigenvalue weighted by molar-refractivity contribution is -0.121. The normalized spacial score (nSPS) is 10.7. The molecule has 0 spiro atoms. The van der Waals surface area contributed by atoms with Gasteiger partial charge < -0.3 is 14.6 Å². The van der Waals surface area contributed by atoms with E-state index in [0.29, 0.717) is 12.2 Å². The number of amides is 1. The number of hydrogen-bond donors (Lipinski definition) is 1. The first-order valence-electron chi connectivity index (χ1n) is 7.34. The van der Waals surface area contributed by atoms with E-state index in [4.69, 9.17) is 4.74 Å². The van der Waals surface area contributed by atoms with Crippen molar-refractivity contribution in [3.63, 3.8) is 0 Å². The van der Waals surface area contributed by atoms with E-state index in [1.54, 1.807) is 22.4 Å². The van der Waals surface area contributed by atoms with E-state index < -0.39 is 0 Å². The van der Waals surface area contributed by atoms with Crippen molar-refractivity contribution in [2.75, 3.05) is 7.11 Å². The number of aryl methyl sites for hydroxylation is 3. The molecule has 0 radical (unpaired) electrons. The Morgan fingerprint density at radius 2 is 2.04 bits per heavy atom. The molecule has 124 valence electrons. The molecule has 7 heteroatoms. The number of nitrogens with zero attached hydrogens (tertiary/aromatic N) is 3. The minimum Gasteiger partial charge on any atom is -0.491 e. The summed E-state index contributed by atoms with van der Waals surface area (Å²) in [6.45, 7) is 6.23. The molecule has 0 fully saturated rings. The third-order valence-corrected chi connectivity index (χ3v) is 3.96. The molecular weight excluding hydrogens is 296 g/mol. The molecule has 0 aliphatic rings. The zero-order valence-electron chi connectivity index (χ0n) is 14.1. The Labute approximate surface area is 134 Å². The van der Waals surface area contributed by atoms with Crippen LogP contribution in [0.2, 0.25) is 0 Å². The van der Waals surface area contributed by atoms with Gasteiger partial charge in [-0.15, -0.1) is 0 Å². The van der Waals surface area contributed by atoms with Gasteiger partial charge in [-0.2, -0.15) is 5.10 Å².